The summed E-state index contributed by atoms with van der Waals surface area (Å²) in [5.41, 5.74) is 3.21. The number of hydrogen-bond donors (Lipinski definition) is 1. The Morgan fingerprint density at radius 3 is 2.68 bits per heavy atom. The second kappa shape index (κ2) is 7.21. The number of benzene rings is 2. The van der Waals surface area contributed by atoms with Crippen molar-refractivity contribution in [1.29, 1.82) is 0 Å². The molecule has 1 N–H and O–H groups in total. The van der Waals surface area contributed by atoms with E-state index < -0.39 is 5.97 Å². The van der Waals surface area contributed by atoms with Crippen LogP contribution in [-0.4, -0.2) is 23.6 Å². The summed E-state index contributed by atoms with van der Waals surface area (Å²) in [5, 5.41) is 3.68. The predicted octanol–water partition coefficient (Wildman–Crippen LogP) is 3.63. The molecule has 0 radical (unpaired) electrons. The van der Waals surface area contributed by atoms with Crippen molar-refractivity contribution in [3.63, 3.8) is 0 Å². The second-order valence-corrected chi connectivity index (χ2v) is 5.78. The maximum absolute atomic E-state index is 12.4. The molecule has 1 amide bonds. The number of hydrogen-bond acceptors (Lipinski definition) is 3. The summed E-state index contributed by atoms with van der Waals surface area (Å²) in [4.78, 5) is 24.4. The lowest BCUT2D eigenvalue weighted by Gasteiger charge is -2.08. The van der Waals surface area contributed by atoms with Gasteiger partial charge in [-0.2, -0.15) is 0 Å². The summed E-state index contributed by atoms with van der Waals surface area (Å²) in [7, 11) is 1.35. The molecule has 3 rings (SSSR count). The molecule has 0 bridgehead atoms. The number of nitrogens with zero attached hydrogens (tertiary/aromatic N) is 1. The van der Waals surface area contributed by atoms with E-state index in [2.05, 4.69) is 12.2 Å². The molecule has 0 aliphatic heterocycles. The van der Waals surface area contributed by atoms with Gasteiger partial charge in [-0.05, 0) is 30.2 Å². The average molecular weight is 336 g/mol. The Morgan fingerprint density at radius 1 is 1.12 bits per heavy atom. The van der Waals surface area contributed by atoms with Gasteiger partial charge in [-0.25, -0.2) is 4.79 Å². The molecule has 0 aliphatic carbocycles. The zero-order valence-corrected chi connectivity index (χ0v) is 14.3. The second-order valence-electron chi connectivity index (χ2n) is 5.78. The maximum atomic E-state index is 12.4. The van der Waals surface area contributed by atoms with Crippen molar-refractivity contribution in [1.82, 2.24) is 4.57 Å². The first-order valence-electron chi connectivity index (χ1n) is 8.17. The average Bonchev–Trinajstić information content (AvgIpc) is 3.00. The Morgan fingerprint density at radius 2 is 1.92 bits per heavy atom. The van der Waals surface area contributed by atoms with Gasteiger partial charge in [0.15, 0.2) is 0 Å². The number of rotatable bonds is 5. The standard InChI is InChI=1S/C20H20N2O3/c1-3-14-7-6-8-15(11-14)21-19(23)13-22-12-17(20(24)25-2)16-9-4-5-10-18(16)22/h4-12H,3,13H2,1-2H3,(H,21,23). The number of esters is 1. The van der Waals surface area contributed by atoms with Crippen molar-refractivity contribution < 1.29 is 14.3 Å². The highest BCUT2D eigenvalue weighted by Gasteiger charge is 2.16. The molecular weight excluding hydrogens is 316 g/mol. The molecule has 5 heteroatoms. The molecule has 0 aliphatic rings. The third-order valence-corrected chi connectivity index (χ3v) is 4.13. The third-order valence-electron chi connectivity index (χ3n) is 4.13. The fourth-order valence-corrected chi connectivity index (χ4v) is 2.87. The fraction of sp³-hybridized carbons (Fsp3) is 0.200. The van der Waals surface area contributed by atoms with Crippen LogP contribution in [0, 0.1) is 0 Å². The molecule has 5 nitrogen and oxygen atoms in total. The zero-order chi connectivity index (χ0) is 17.8. The number of aromatic nitrogens is 1. The molecule has 0 spiro atoms. The number of fused-ring (bicyclic) bond motifs is 1. The van der Waals surface area contributed by atoms with Gasteiger partial charge in [0.2, 0.25) is 5.91 Å². The molecule has 1 heterocycles. The molecule has 0 saturated heterocycles. The van der Waals surface area contributed by atoms with Crippen molar-refractivity contribution in [3.05, 3.63) is 65.9 Å². The van der Waals surface area contributed by atoms with E-state index in [0.29, 0.717) is 5.56 Å². The summed E-state index contributed by atoms with van der Waals surface area (Å²) in [6.45, 7) is 2.19. The van der Waals surface area contributed by atoms with Crippen molar-refractivity contribution in [2.24, 2.45) is 0 Å². The SMILES string of the molecule is CCc1cccc(NC(=O)Cn2cc(C(=O)OC)c3ccccc32)c1. The molecule has 25 heavy (non-hydrogen) atoms. The summed E-state index contributed by atoms with van der Waals surface area (Å²) in [5.74, 6) is -0.559. The number of para-hydroxylation sites is 1. The van der Waals surface area contributed by atoms with Crippen LogP contribution in [0.25, 0.3) is 10.9 Å². The summed E-state index contributed by atoms with van der Waals surface area (Å²) in [6.07, 6.45) is 2.58. The van der Waals surface area contributed by atoms with Gasteiger partial charge in [-0.3, -0.25) is 4.79 Å². The monoisotopic (exact) mass is 336 g/mol. The van der Waals surface area contributed by atoms with Gasteiger partial charge in [0.25, 0.3) is 0 Å². The number of aryl methyl sites for hydroxylation is 1. The van der Waals surface area contributed by atoms with Crippen LogP contribution in [0.3, 0.4) is 0 Å². The minimum Gasteiger partial charge on any atom is -0.465 e. The molecular formula is C20H20N2O3. The molecule has 0 fully saturated rings. The first-order chi connectivity index (χ1) is 12.1. The van der Waals surface area contributed by atoms with E-state index in [0.717, 1.165) is 28.6 Å². The number of anilines is 1. The molecule has 0 saturated carbocycles. The maximum Gasteiger partial charge on any atom is 0.340 e. The van der Waals surface area contributed by atoms with Crippen LogP contribution >= 0.6 is 0 Å². The summed E-state index contributed by atoms with van der Waals surface area (Å²) in [6, 6.07) is 15.2. The van der Waals surface area contributed by atoms with E-state index in [1.807, 2.05) is 48.5 Å². The van der Waals surface area contributed by atoms with E-state index in [1.165, 1.54) is 7.11 Å². The number of nitrogens with one attached hydrogen (secondary N) is 1. The van der Waals surface area contributed by atoms with E-state index >= 15 is 0 Å². The fourth-order valence-electron chi connectivity index (χ4n) is 2.87. The highest BCUT2D eigenvalue weighted by atomic mass is 16.5. The quantitative estimate of drug-likeness (QED) is 0.724. The van der Waals surface area contributed by atoms with Gasteiger partial charge in [-0.15, -0.1) is 0 Å². The van der Waals surface area contributed by atoms with Crippen LogP contribution in [0.1, 0.15) is 22.8 Å². The predicted molar refractivity (Wildman–Crippen MR) is 97.7 cm³/mol. The number of carbonyl (C=O) groups is 2. The van der Waals surface area contributed by atoms with Crippen LogP contribution in [0.2, 0.25) is 0 Å². The Balaban J connectivity index is 1.85. The Bertz CT molecular complexity index is 928. The van der Waals surface area contributed by atoms with E-state index in [9.17, 15) is 9.59 Å². The highest BCUT2D eigenvalue weighted by molar-refractivity contribution is 6.04. The van der Waals surface area contributed by atoms with Crippen LogP contribution in [-0.2, 0) is 22.5 Å². The van der Waals surface area contributed by atoms with Crippen LogP contribution in [0.15, 0.2) is 54.7 Å². The van der Waals surface area contributed by atoms with Crippen molar-refractivity contribution in [3.8, 4) is 0 Å². The summed E-state index contributed by atoms with van der Waals surface area (Å²) < 4.78 is 6.60. The smallest absolute Gasteiger partial charge is 0.340 e. The van der Waals surface area contributed by atoms with Gasteiger partial charge in [0.05, 0.1) is 12.7 Å². The first kappa shape index (κ1) is 16.8. The van der Waals surface area contributed by atoms with Gasteiger partial charge in [0, 0.05) is 22.8 Å². The van der Waals surface area contributed by atoms with Gasteiger partial charge >= 0.3 is 5.97 Å². The molecule has 3 aromatic rings. The van der Waals surface area contributed by atoms with Gasteiger partial charge in [-0.1, -0.05) is 37.3 Å². The molecule has 0 unspecified atom stereocenters. The summed E-state index contributed by atoms with van der Waals surface area (Å²) >= 11 is 0. The largest absolute Gasteiger partial charge is 0.465 e. The minimum atomic E-state index is -0.411. The number of amides is 1. The van der Waals surface area contributed by atoms with Crippen molar-refractivity contribution >= 4 is 28.5 Å². The number of ether oxygens (including phenoxy) is 1. The lowest BCUT2D eigenvalue weighted by atomic mass is 10.1. The Labute approximate surface area is 146 Å². The molecule has 1 aromatic heterocycles. The van der Waals surface area contributed by atoms with E-state index in [1.54, 1.807) is 10.8 Å². The third kappa shape index (κ3) is 3.55. The van der Waals surface area contributed by atoms with Crippen LogP contribution in [0.4, 0.5) is 5.69 Å². The minimum absolute atomic E-state index is 0.119. The van der Waals surface area contributed by atoms with Crippen molar-refractivity contribution in [2.45, 2.75) is 19.9 Å². The Kier molecular flexibility index (Phi) is 4.84. The molecule has 2 aromatic carbocycles. The first-order valence-corrected chi connectivity index (χ1v) is 8.17. The topological polar surface area (TPSA) is 60.3 Å². The molecule has 128 valence electrons. The normalized spacial score (nSPS) is 10.6. The van der Waals surface area contributed by atoms with Crippen LogP contribution < -0.4 is 5.32 Å². The number of carbonyl (C=O) groups excluding carboxylic acids is 2. The lowest BCUT2D eigenvalue weighted by Crippen LogP contribution is -2.18. The van der Waals surface area contributed by atoms with Crippen LogP contribution in [0.5, 0.6) is 0 Å². The molecule has 0 atom stereocenters. The zero-order valence-electron chi connectivity index (χ0n) is 14.3. The Hall–Kier alpha value is -3.08. The van der Waals surface area contributed by atoms with Crippen molar-refractivity contribution in [2.75, 3.05) is 12.4 Å². The van der Waals surface area contributed by atoms with Gasteiger partial charge < -0.3 is 14.6 Å². The van der Waals surface area contributed by atoms with Gasteiger partial charge in [0.1, 0.15) is 6.54 Å². The number of methoxy groups -OCH3 is 1. The highest BCUT2D eigenvalue weighted by Crippen LogP contribution is 2.22. The lowest BCUT2D eigenvalue weighted by molar-refractivity contribution is -0.116. The van der Waals surface area contributed by atoms with E-state index in [-0.39, 0.29) is 12.5 Å². The van der Waals surface area contributed by atoms with E-state index in [4.69, 9.17) is 4.74 Å².